The van der Waals surface area contributed by atoms with Gasteiger partial charge in [-0.25, -0.2) is 0 Å². The summed E-state index contributed by atoms with van der Waals surface area (Å²) in [5, 5.41) is 10.8. The first-order chi connectivity index (χ1) is 17.3. The molecule has 0 bridgehead atoms. The topological polar surface area (TPSA) is 49.8 Å². The summed E-state index contributed by atoms with van der Waals surface area (Å²) in [5.41, 5.74) is 4.88. The number of nitrogens with zero attached hydrogens (tertiary/aromatic N) is 1. The average Bonchev–Trinajstić information content (AvgIpc) is 3.15. The van der Waals surface area contributed by atoms with Gasteiger partial charge in [0, 0.05) is 41.2 Å². The molecule has 1 N–H and O–H groups in total. The van der Waals surface area contributed by atoms with Crippen LogP contribution in [-0.4, -0.2) is 42.1 Å². The molecule has 2 heterocycles. The van der Waals surface area contributed by atoms with Gasteiger partial charge in [-0.15, -0.1) is 11.3 Å². The number of aromatic hydroxyl groups is 1. The molecule has 3 aromatic carbocycles. The van der Waals surface area contributed by atoms with Crippen LogP contribution in [0.4, 0.5) is 4.39 Å². The molecule has 0 aliphatic carbocycles. The quantitative estimate of drug-likeness (QED) is 0.263. The maximum Gasteiger partial charge on any atom is 0.207 e. The Morgan fingerprint density at radius 1 is 1.06 bits per heavy atom. The number of phenolic OH excluding ortho intramolecular Hbond substituents is 1. The molecule has 5 rings (SSSR count). The zero-order valence-electron chi connectivity index (χ0n) is 20.8. The highest BCUT2D eigenvalue weighted by Crippen LogP contribution is 2.43. The fourth-order valence-electron chi connectivity index (χ4n) is 5.05. The van der Waals surface area contributed by atoms with E-state index in [1.165, 1.54) is 16.9 Å². The van der Waals surface area contributed by atoms with Gasteiger partial charge in [-0.1, -0.05) is 29.8 Å². The van der Waals surface area contributed by atoms with Gasteiger partial charge in [0.25, 0.3) is 0 Å². The molecule has 0 amide bonds. The van der Waals surface area contributed by atoms with E-state index in [4.69, 9.17) is 4.74 Å². The highest BCUT2D eigenvalue weighted by molar-refractivity contribution is 7.21. The van der Waals surface area contributed by atoms with E-state index in [9.17, 15) is 14.3 Å². The number of thiophene rings is 1. The molecule has 36 heavy (non-hydrogen) atoms. The summed E-state index contributed by atoms with van der Waals surface area (Å²) in [4.78, 5) is 16.6. The summed E-state index contributed by atoms with van der Waals surface area (Å²) >= 11 is 1.34. The molecule has 1 aliphatic heterocycles. The Kier molecular flexibility index (Phi) is 6.82. The van der Waals surface area contributed by atoms with Crippen molar-refractivity contribution in [2.75, 3.05) is 26.3 Å². The molecule has 1 aliphatic rings. The fourth-order valence-corrected chi connectivity index (χ4v) is 6.16. The van der Waals surface area contributed by atoms with Crippen molar-refractivity contribution in [1.82, 2.24) is 4.90 Å². The smallest absolute Gasteiger partial charge is 0.207 e. The SMILES string of the molecule is Cc1cc(C)c(C(=O)c2sc3cc(O)ccc3c2Oc2ccc(CCN3CC(CF)C3)cc2)c(C)c1. The first kappa shape index (κ1) is 24.5. The summed E-state index contributed by atoms with van der Waals surface area (Å²) in [5.74, 6) is 1.46. The minimum Gasteiger partial charge on any atom is -0.508 e. The van der Waals surface area contributed by atoms with Gasteiger partial charge >= 0.3 is 0 Å². The fraction of sp³-hybridized carbons (Fsp3) is 0.300. The number of ketones is 1. The summed E-state index contributed by atoms with van der Waals surface area (Å²) in [7, 11) is 0. The van der Waals surface area contributed by atoms with Crippen LogP contribution in [0.1, 0.15) is 37.5 Å². The number of hydrogen-bond donors (Lipinski definition) is 1. The van der Waals surface area contributed by atoms with E-state index in [-0.39, 0.29) is 24.1 Å². The average molecular weight is 504 g/mol. The Morgan fingerprint density at radius 3 is 2.42 bits per heavy atom. The standard InChI is InChI=1S/C30H30FNO3S/c1-18-12-19(2)27(20(3)13-18)28(34)30-29(25-9-6-23(33)14-26(25)36-30)35-24-7-4-21(5-8-24)10-11-32-16-22(15-31)17-32/h4-9,12-14,22,33H,10-11,15-17H2,1-3H3. The lowest BCUT2D eigenvalue weighted by molar-refractivity contribution is 0.0824. The van der Waals surface area contributed by atoms with E-state index in [0.29, 0.717) is 21.9 Å². The third-order valence-electron chi connectivity index (χ3n) is 6.85. The zero-order chi connectivity index (χ0) is 25.4. The lowest BCUT2D eigenvalue weighted by Gasteiger charge is -2.37. The molecular formula is C30H30FNO3S. The number of carbonyl (C=O) groups is 1. The van der Waals surface area contributed by atoms with Crippen LogP contribution < -0.4 is 4.74 Å². The van der Waals surface area contributed by atoms with Crippen molar-refractivity contribution in [3.8, 4) is 17.2 Å². The Balaban J connectivity index is 1.42. The minimum absolute atomic E-state index is 0.0709. The van der Waals surface area contributed by atoms with Crippen molar-refractivity contribution in [3.63, 3.8) is 0 Å². The highest BCUT2D eigenvalue weighted by Gasteiger charge is 2.26. The van der Waals surface area contributed by atoms with Gasteiger partial charge < -0.3 is 14.7 Å². The molecule has 186 valence electrons. The molecule has 6 heteroatoms. The van der Waals surface area contributed by atoms with Crippen LogP contribution in [-0.2, 0) is 6.42 Å². The molecule has 0 spiro atoms. The van der Waals surface area contributed by atoms with E-state index in [1.807, 2.05) is 57.2 Å². The number of rotatable bonds is 8. The Bertz CT molecular complexity index is 1400. The number of hydrogen-bond acceptors (Lipinski definition) is 5. The van der Waals surface area contributed by atoms with Gasteiger partial charge in [0.15, 0.2) is 5.75 Å². The molecule has 1 fully saturated rings. The Morgan fingerprint density at radius 2 is 1.75 bits per heavy atom. The third kappa shape index (κ3) is 4.88. The van der Waals surface area contributed by atoms with Gasteiger partial charge in [-0.05, 0) is 74.2 Å². The summed E-state index contributed by atoms with van der Waals surface area (Å²) in [6, 6.07) is 17.1. The Labute approximate surface area is 215 Å². The number of phenols is 1. The second-order valence-electron chi connectivity index (χ2n) is 9.82. The van der Waals surface area contributed by atoms with Crippen LogP contribution in [0, 0.1) is 26.7 Å². The van der Waals surface area contributed by atoms with Gasteiger partial charge in [0.1, 0.15) is 16.4 Å². The van der Waals surface area contributed by atoms with E-state index in [2.05, 4.69) is 4.90 Å². The van der Waals surface area contributed by atoms with Crippen LogP contribution >= 0.6 is 11.3 Å². The van der Waals surface area contributed by atoms with Crippen LogP contribution in [0.3, 0.4) is 0 Å². The lowest BCUT2D eigenvalue weighted by atomic mass is 9.95. The maximum absolute atomic E-state index is 13.8. The molecule has 1 saturated heterocycles. The van der Waals surface area contributed by atoms with Crippen molar-refractivity contribution in [2.45, 2.75) is 27.2 Å². The summed E-state index contributed by atoms with van der Waals surface area (Å²) in [6.45, 7) is 8.33. The molecule has 0 unspecified atom stereocenters. The van der Waals surface area contributed by atoms with Crippen LogP contribution in [0.25, 0.3) is 10.1 Å². The van der Waals surface area contributed by atoms with Crippen molar-refractivity contribution in [3.05, 3.63) is 87.3 Å². The van der Waals surface area contributed by atoms with Crippen LogP contribution in [0.2, 0.25) is 0 Å². The first-order valence-corrected chi connectivity index (χ1v) is 13.1. The predicted molar refractivity (Wildman–Crippen MR) is 144 cm³/mol. The second-order valence-corrected chi connectivity index (χ2v) is 10.9. The van der Waals surface area contributed by atoms with Gasteiger partial charge in [0.05, 0.1) is 6.67 Å². The van der Waals surface area contributed by atoms with Gasteiger partial charge in [0.2, 0.25) is 5.78 Å². The monoisotopic (exact) mass is 503 g/mol. The molecule has 0 atom stereocenters. The summed E-state index contributed by atoms with van der Waals surface area (Å²) in [6.07, 6.45) is 0.898. The van der Waals surface area contributed by atoms with Gasteiger partial charge in [-0.3, -0.25) is 9.18 Å². The predicted octanol–water partition coefficient (Wildman–Crippen LogP) is 7.00. The van der Waals surface area contributed by atoms with Crippen molar-refractivity contribution in [1.29, 1.82) is 0 Å². The largest absolute Gasteiger partial charge is 0.508 e. The molecular weight excluding hydrogens is 473 g/mol. The number of alkyl halides is 1. The van der Waals surface area contributed by atoms with Gasteiger partial charge in [-0.2, -0.15) is 0 Å². The number of fused-ring (bicyclic) bond motifs is 1. The van der Waals surface area contributed by atoms with Crippen molar-refractivity contribution in [2.24, 2.45) is 5.92 Å². The van der Waals surface area contributed by atoms with E-state index < -0.39 is 0 Å². The van der Waals surface area contributed by atoms with Crippen LogP contribution in [0.5, 0.6) is 17.2 Å². The molecule has 1 aromatic heterocycles. The Hall–Kier alpha value is -3.22. The first-order valence-electron chi connectivity index (χ1n) is 12.3. The number of aryl methyl sites for hydroxylation is 3. The van der Waals surface area contributed by atoms with E-state index in [0.717, 1.165) is 52.8 Å². The number of benzene rings is 3. The zero-order valence-corrected chi connectivity index (χ0v) is 21.6. The summed E-state index contributed by atoms with van der Waals surface area (Å²) < 4.78 is 19.8. The number of halogens is 1. The van der Waals surface area contributed by atoms with Crippen molar-refractivity contribution < 1.29 is 19.0 Å². The number of ether oxygens (including phenoxy) is 1. The number of likely N-dealkylation sites (tertiary alicyclic amines) is 1. The minimum atomic E-state index is -0.229. The lowest BCUT2D eigenvalue weighted by Crippen LogP contribution is -2.48. The van der Waals surface area contributed by atoms with E-state index >= 15 is 0 Å². The van der Waals surface area contributed by atoms with Crippen molar-refractivity contribution >= 4 is 27.2 Å². The van der Waals surface area contributed by atoms with E-state index in [1.54, 1.807) is 18.2 Å². The molecule has 4 aromatic rings. The maximum atomic E-state index is 13.8. The molecule has 0 radical (unpaired) electrons. The normalized spacial score (nSPS) is 14.2. The second kappa shape index (κ2) is 10.0. The van der Waals surface area contributed by atoms with Crippen LogP contribution in [0.15, 0.2) is 54.6 Å². The molecule has 0 saturated carbocycles. The molecule has 4 nitrogen and oxygen atoms in total. The third-order valence-corrected chi connectivity index (χ3v) is 7.98. The highest BCUT2D eigenvalue weighted by atomic mass is 32.1. The number of carbonyl (C=O) groups excluding carboxylic acids is 1.